The SMILES string of the molecule is C=O.CNC1N=C(c2ccccc2)c2ccccc2NC1=O. The number of fused-ring (bicyclic) bond motifs is 1. The number of nitrogens with one attached hydrogen (secondary N) is 2. The Morgan fingerprint density at radius 1 is 1.05 bits per heavy atom. The van der Waals surface area contributed by atoms with Crippen LogP contribution in [0.1, 0.15) is 11.1 Å². The first-order valence-corrected chi connectivity index (χ1v) is 6.79. The summed E-state index contributed by atoms with van der Waals surface area (Å²) in [6.45, 7) is 2.00. The molecule has 2 N–H and O–H groups in total. The zero-order valence-electron chi connectivity index (χ0n) is 12.2. The van der Waals surface area contributed by atoms with E-state index in [1.807, 2.05) is 61.4 Å². The predicted octanol–water partition coefficient (Wildman–Crippen LogP) is 1.84. The van der Waals surface area contributed by atoms with E-state index in [2.05, 4.69) is 15.6 Å². The van der Waals surface area contributed by atoms with E-state index in [-0.39, 0.29) is 5.91 Å². The summed E-state index contributed by atoms with van der Waals surface area (Å²) in [5.74, 6) is -0.147. The van der Waals surface area contributed by atoms with Crippen LogP contribution in [0.5, 0.6) is 0 Å². The predicted molar refractivity (Wildman–Crippen MR) is 87.1 cm³/mol. The summed E-state index contributed by atoms with van der Waals surface area (Å²) < 4.78 is 0. The molecule has 22 heavy (non-hydrogen) atoms. The van der Waals surface area contributed by atoms with Crippen LogP contribution in [0.2, 0.25) is 0 Å². The minimum Gasteiger partial charge on any atom is -0.322 e. The van der Waals surface area contributed by atoms with E-state index in [0.717, 1.165) is 22.5 Å². The highest BCUT2D eigenvalue weighted by molar-refractivity contribution is 6.19. The number of rotatable bonds is 2. The number of hydrogen-bond donors (Lipinski definition) is 2. The number of benzodiazepines with no additional fused rings is 1. The Hall–Kier alpha value is -2.79. The molecule has 0 spiro atoms. The normalized spacial score (nSPS) is 16.3. The van der Waals surface area contributed by atoms with Crippen LogP contribution in [-0.2, 0) is 9.59 Å². The maximum atomic E-state index is 12.1. The number of carbonyl (C=O) groups is 2. The van der Waals surface area contributed by atoms with Gasteiger partial charge in [-0.1, -0.05) is 48.5 Å². The van der Waals surface area contributed by atoms with Crippen LogP contribution in [-0.4, -0.2) is 31.6 Å². The van der Waals surface area contributed by atoms with Gasteiger partial charge >= 0.3 is 0 Å². The second-order valence-corrected chi connectivity index (χ2v) is 4.57. The van der Waals surface area contributed by atoms with Crippen molar-refractivity contribution in [3.05, 3.63) is 65.7 Å². The van der Waals surface area contributed by atoms with Crippen molar-refractivity contribution < 1.29 is 9.59 Å². The standard InChI is InChI=1S/C16H15N3O.CH2O/c1-17-15-16(20)18-13-10-6-5-9-12(13)14(19-15)11-7-3-2-4-8-11;1-2/h2-10,15,17H,1H3,(H,18,20);1H2. The maximum Gasteiger partial charge on any atom is 0.263 e. The second-order valence-electron chi connectivity index (χ2n) is 4.57. The van der Waals surface area contributed by atoms with E-state index in [9.17, 15) is 4.79 Å². The fourth-order valence-electron chi connectivity index (χ4n) is 2.28. The number of para-hydroxylation sites is 1. The lowest BCUT2D eigenvalue weighted by molar-refractivity contribution is -0.117. The largest absolute Gasteiger partial charge is 0.322 e. The van der Waals surface area contributed by atoms with Crippen LogP contribution in [0.25, 0.3) is 0 Å². The molecule has 0 aliphatic carbocycles. The number of carbonyl (C=O) groups excluding carboxylic acids is 2. The van der Waals surface area contributed by atoms with Gasteiger partial charge in [0.05, 0.1) is 11.4 Å². The average Bonchev–Trinajstić information content (AvgIpc) is 2.73. The Kier molecular flexibility index (Phi) is 5.16. The van der Waals surface area contributed by atoms with Crippen LogP contribution in [0.15, 0.2) is 59.6 Å². The van der Waals surface area contributed by atoms with Gasteiger partial charge in [0.15, 0.2) is 6.17 Å². The van der Waals surface area contributed by atoms with Gasteiger partial charge in [-0.05, 0) is 13.1 Å². The van der Waals surface area contributed by atoms with Gasteiger partial charge in [-0.15, -0.1) is 0 Å². The monoisotopic (exact) mass is 295 g/mol. The van der Waals surface area contributed by atoms with Gasteiger partial charge in [-0.3, -0.25) is 15.1 Å². The third-order valence-corrected chi connectivity index (χ3v) is 3.27. The molecule has 2 aromatic carbocycles. The molecule has 1 atom stereocenters. The van der Waals surface area contributed by atoms with E-state index in [1.165, 1.54) is 0 Å². The number of anilines is 1. The minimum absolute atomic E-state index is 0.147. The fraction of sp³-hybridized carbons (Fsp3) is 0.118. The van der Waals surface area contributed by atoms with Gasteiger partial charge in [-0.25, -0.2) is 0 Å². The van der Waals surface area contributed by atoms with Gasteiger partial charge < -0.3 is 10.1 Å². The van der Waals surface area contributed by atoms with Crippen LogP contribution in [0.3, 0.4) is 0 Å². The highest BCUT2D eigenvalue weighted by Gasteiger charge is 2.23. The molecule has 0 radical (unpaired) electrons. The van der Waals surface area contributed by atoms with Gasteiger partial charge in [0.1, 0.15) is 6.79 Å². The van der Waals surface area contributed by atoms with Crippen molar-refractivity contribution in [2.24, 2.45) is 4.99 Å². The molecule has 1 aliphatic heterocycles. The molecule has 1 aliphatic rings. The highest BCUT2D eigenvalue weighted by atomic mass is 16.2. The third kappa shape index (κ3) is 3.10. The summed E-state index contributed by atoms with van der Waals surface area (Å²) >= 11 is 0. The average molecular weight is 295 g/mol. The lowest BCUT2D eigenvalue weighted by Gasteiger charge is -2.09. The Bertz CT molecular complexity index is 683. The molecule has 3 rings (SSSR count). The third-order valence-electron chi connectivity index (χ3n) is 3.27. The van der Waals surface area contributed by atoms with Crippen molar-refractivity contribution in [3.8, 4) is 0 Å². The Labute approximate surface area is 129 Å². The van der Waals surface area contributed by atoms with Crippen molar-refractivity contribution in [2.45, 2.75) is 6.17 Å². The minimum atomic E-state index is -0.586. The summed E-state index contributed by atoms with van der Waals surface area (Å²) in [5, 5.41) is 5.84. The number of benzene rings is 2. The van der Waals surface area contributed by atoms with Crippen molar-refractivity contribution in [2.75, 3.05) is 12.4 Å². The Morgan fingerprint density at radius 3 is 2.36 bits per heavy atom. The summed E-state index contributed by atoms with van der Waals surface area (Å²) in [6, 6.07) is 17.6. The molecule has 1 heterocycles. The molecule has 0 saturated carbocycles. The van der Waals surface area contributed by atoms with Crippen molar-refractivity contribution >= 4 is 24.1 Å². The highest BCUT2D eigenvalue weighted by Crippen LogP contribution is 2.23. The molecular formula is C17H17N3O2. The number of nitrogens with zero attached hydrogens (tertiary/aromatic N) is 1. The molecule has 1 unspecified atom stereocenters. The first kappa shape index (κ1) is 15.6. The molecule has 0 saturated heterocycles. The molecule has 1 amide bonds. The number of hydrogen-bond acceptors (Lipinski definition) is 4. The fourth-order valence-corrected chi connectivity index (χ4v) is 2.28. The van der Waals surface area contributed by atoms with Crippen LogP contribution in [0, 0.1) is 0 Å². The topological polar surface area (TPSA) is 70.6 Å². The smallest absolute Gasteiger partial charge is 0.263 e. The zero-order valence-corrected chi connectivity index (χ0v) is 12.2. The first-order valence-electron chi connectivity index (χ1n) is 6.79. The Morgan fingerprint density at radius 2 is 1.68 bits per heavy atom. The van der Waals surface area contributed by atoms with Gasteiger partial charge in [-0.2, -0.15) is 0 Å². The first-order chi connectivity index (χ1) is 10.8. The summed E-state index contributed by atoms with van der Waals surface area (Å²) in [5.41, 5.74) is 3.54. The van der Waals surface area contributed by atoms with Crippen molar-refractivity contribution in [1.29, 1.82) is 0 Å². The van der Waals surface area contributed by atoms with Gasteiger partial charge in [0, 0.05) is 11.1 Å². The van der Waals surface area contributed by atoms with E-state index in [4.69, 9.17) is 4.79 Å². The molecule has 0 fully saturated rings. The van der Waals surface area contributed by atoms with Crippen LogP contribution < -0.4 is 10.6 Å². The second kappa shape index (κ2) is 7.28. The lowest BCUT2D eigenvalue weighted by Crippen LogP contribution is -2.36. The van der Waals surface area contributed by atoms with Gasteiger partial charge in [0.25, 0.3) is 5.91 Å². The molecule has 5 heteroatoms. The van der Waals surface area contributed by atoms with E-state index in [0.29, 0.717) is 0 Å². The van der Waals surface area contributed by atoms with Crippen LogP contribution >= 0.6 is 0 Å². The number of amides is 1. The van der Waals surface area contributed by atoms with E-state index >= 15 is 0 Å². The number of likely N-dealkylation sites (N-methyl/N-ethyl adjacent to an activating group) is 1. The summed E-state index contributed by atoms with van der Waals surface area (Å²) in [6.07, 6.45) is -0.586. The molecule has 0 aromatic heterocycles. The molecule has 0 bridgehead atoms. The molecule has 112 valence electrons. The molecule has 5 nitrogen and oxygen atoms in total. The van der Waals surface area contributed by atoms with Crippen molar-refractivity contribution in [3.63, 3.8) is 0 Å². The number of aliphatic imine (C=N–C) groups is 1. The van der Waals surface area contributed by atoms with Crippen molar-refractivity contribution in [1.82, 2.24) is 5.32 Å². The van der Waals surface area contributed by atoms with Crippen LogP contribution in [0.4, 0.5) is 5.69 Å². The summed E-state index contributed by atoms with van der Waals surface area (Å²) in [7, 11) is 1.73. The van der Waals surface area contributed by atoms with E-state index < -0.39 is 6.17 Å². The quantitative estimate of drug-likeness (QED) is 0.888. The summed E-state index contributed by atoms with van der Waals surface area (Å²) in [4.78, 5) is 24.7. The van der Waals surface area contributed by atoms with E-state index in [1.54, 1.807) is 7.05 Å². The lowest BCUT2D eigenvalue weighted by atomic mass is 10.0. The molecular weight excluding hydrogens is 278 g/mol. The zero-order chi connectivity index (χ0) is 15.9. The maximum absolute atomic E-state index is 12.1. The van der Waals surface area contributed by atoms with Gasteiger partial charge in [0.2, 0.25) is 0 Å². The Balaban J connectivity index is 0.000000847. The molecule has 2 aromatic rings.